The van der Waals surface area contributed by atoms with Crippen molar-refractivity contribution < 1.29 is 4.79 Å². The molecule has 0 aliphatic carbocycles. The largest absolute Gasteiger partial charge is 0.352 e. The van der Waals surface area contributed by atoms with Crippen molar-refractivity contribution in [2.45, 2.75) is 13.5 Å². The molecule has 0 bridgehead atoms. The Morgan fingerprint density at radius 2 is 1.89 bits per heavy atom. The molecule has 0 fully saturated rings. The molecule has 1 N–H and O–H groups in total. The van der Waals surface area contributed by atoms with Crippen molar-refractivity contribution >= 4 is 22.9 Å². The smallest absolute Gasteiger partial charge is 0.261 e. The molecule has 0 atom stereocenters. The Kier molecular flexibility index (Phi) is 5.35. The van der Waals surface area contributed by atoms with E-state index in [-0.39, 0.29) is 11.5 Å². The highest BCUT2D eigenvalue weighted by Crippen LogP contribution is 2.25. The highest BCUT2D eigenvalue weighted by molar-refractivity contribution is 6.04. The van der Waals surface area contributed by atoms with Crippen molar-refractivity contribution in [3.05, 3.63) is 77.0 Å². The van der Waals surface area contributed by atoms with E-state index in [1.54, 1.807) is 12.1 Å². The van der Waals surface area contributed by atoms with E-state index in [4.69, 9.17) is 0 Å². The van der Waals surface area contributed by atoms with Gasteiger partial charge in [0, 0.05) is 35.8 Å². The average molecular weight is 354 g/mol. The number of amides is 1. The van der Waals surface area contributed by atoms with Gasteiger partial charge in [0.15, 0.2) is 0 Å². The van der Waals surface area contributed by atoms with Crippen LogP contribution < -0.4 is 5.32 Å². The van der Waals surface area contributed by atoms with E-state index in [1.807, 2.05) is 66.2 Å². The summed E-state index contributed by atoms with van der Waals surface area (Å²) >= 11 is 0. The van der Waals surface area contributed by atoms with Gasteiger partial charge < -0.3 is 9.88 Å². The van der Waals surface area contributed by atoms with Crippen LogP contribution in [0.25, 0.3) is 17.0 Å². The lowest BCUT2D eigenvalue weighted by Crippen LogP contribution is -2.23. The Labute approximate surface area is 157 Å². The summed E-state index contributed by atoms with van der Waals surface area (Å²) in [6.07, 6.45) is 3.52. The third kappa shape index (κ3) is 3.73. The molecule has 0 saturated carbocycles. The van der Waals surface area contributed by atoms with Gasteiger partial charge in [-0.3, -0.25) is 4.79 Å². The Hall–Kier alpha value is -3.83. The molecule has 3 aromatic rings. The maximum atomic E-state index is 12.1. The normalized spacial score (nSPS) is 11.0. The number of nitrogens with one attached hydrogen (secondary N) is 1. The zero-order valence-corrected chi connectivity index (χ0v) is 14.9. The SMILES string of the molecule is CCNC(=O)/C(C#N)=C/c1cn(Cc2ccccc2C#N)c2ccccc12. The summed E-state index contributed by atoms with van der Waals surface area (Å²) in [6.45, 7) is 2.80. The summed E-state index contributed by atoms with van der Waals surface area (Å²) in [6, 6.07) is 19.5. The summed E-state index contributed by atoms with van der Waals surface area (Å²) in [4.78, 5) is 12.1. The third-order valence-corrected chi connectivity index (χ3v) is 4.30. The number of carbonyl (C=O) groups is 1. The molecule has 0 aliphatic heterocycles. The standard InChI is InChI=1S/C22H18N4O/c1-2-25-22(27)18(13-24)11-19-15-26(21-10-6-5-9-20(19)21)14-17-8-4-3-7-16(17)12-23/h3-11,15H,2,14H2,1H3,(H,25,27)/b18-11+. The Balaban J connectivity index is 2.08. The molecule has 1 amide bonds. The maximum Gasteiger partial charge on any atom is 0.261 e. The fourth-order valence-corrected chi connectivity index (χ4v) is 3.03. The zero-order chi connectivity index (χ0) is 19.2. The average Bonchev–Trinajstić information content (AvgIpc) is 3.04. The second-order valence-corrected chi connectivity index (χ2v) is 6.03. The van der Waals surface area contributed by atoms with Crippen molar-refractivity contribution in [2.24, 2.45) is 0 Å². The second kappa shape index (κ2) is 8.03. The van der Waals surface area contributed by atoms with Crippen LogP contribution in [0.2, 0.25) is 0 Å². The van der Waals surface area contributed by atoms with E-state index < -0.39 is 0 Å². The number of hydrogen-bond acceptors (Lipinski definition) is 3. The molecule has 0 aliphatic rings. The fraction of sp³-hybridized carbons (Fsp3) is 0.136. The summed E-state index contributed by atoms with van der Waals surface area (Å²) in [7, 11) is 0. The second-order valence-electron chi connectivity index (χ2n) is 6.03. The first-order chi connectivity index (χ1) is 13.2. The van der Waals surface area contributed by atoms with Crippen LogP contribution in [-0.4, -0.2) is 17.0 Å². The van der Waals surface area contributed by atoms with Gasteiger partial charge in [0.05, 0.1) is 11.6 Å². The van der Waals surface area contributed by atoms with Gasteiger partial charge in [-0.15, -0.1) is 0 Å². The van der Waals surface area contributed by atoms with Crippen molar-refractivity contribution in [3.63, 3.8) is 0 Å². The first-order valence-corrected chi connectivity index (χ1v) is 8.63. The predicted molar refractivity (Wildman–Crippen MR) is 104 cm³/mol. The summed E-state index contributed by atoms with van der Waals surface area (Å²) in [5.41, 5.74) is 3.39. The van der Waals surface area contributed by atoms with Crippen molar-refractivity contribution in [2.75, 3.05) is 6.54 Å². The first-order valence-electron chi connectivity index (χ1n) is 8.63. The molecule has 1 heterocycles. The quantitative estimate of drug-likeness (QED) is 0.561. The van der Waals surface area contributed by atoms with Gasteiger partial charge in [-0.2, -0.15) is 10.5 Å². The number of carbonyl (C=O) groups excluding carboxylic acids is 1. The Morgan fingerprint density at radius 3 is 2.63 bits per heavy atom. The highest BCUT2D eigenvalue weighted by Gasteiger charge is 2.12. The third-order valence-electron chi connectivity index (χ3n) is 4.30. The fourth-order valence-electron chi connectivity index (χ4n) is 3.03. The van der Waals surface area contributed by atoms with Gasteiger partial charge in [0.1, 0.15) is 11.6 Å². The number of aromatic nitrogens is 1. The van der Waals surface area contributed by atoms with Crippen LogP contribution in [0, 0.1) is 22.7 Å². The molecule has 0 spiro atoms. The van der Waals surface area contributed by atoms with Crippen LogP contribution in [-0.2, 0) is 11.3 Å². The maximum absolute atomic E-state index is 12.1. The van der Waals surface area contributed by atoms with Gasteiger partial charge in [-0.1, -0.05) is 36.4 Å². The number of nitriles is 2. The number of benzene rings is 2. The van der Waals surface area contributed by atoms with E-state index in [0.717, 1.165) is 22.0 Å². The lowest BCUT2D eigenvalue weighted by Gasteiger charge is -2.07. The summed E-state index contributed by atoms with van der Waals surface area (Å²) in [5.74, 6) is -0.383. The van der Waals surface area contributed by atoms with Crippen molar-refractivity contribution in [1.82, 2.24) is 9.88 Å². The Morgan fingerprint density at radius 1 is 1.15 bits per heavy atom. The van der Waals surface area contributed by atoms with Crippen LogP contribution in [0.4, 0.5) is 0 Å². The van der Waals surface area contributed by atoms with E-state index >= 15 is 0 Å². The number of nitrogens with zero attached hydrogens (tertiary/aromatic N) is 3. The minimum Gasteiger partial charge on any atom is -0.352 e. The minimum atomic E-state index is -0.383. The number of fused-ring (bicyclic) bond motifs is 1. The van der Waals surface area contributed by atoms with E-state index in [9.17, 15) is 15.3 Å². The number of rotatable bonds is 5. The molecule has 1 aromatic heterocycles. The molecular weight excluding hydrogens is 336 g/mol. The Bertz CT molecular complexity index is 1110. The topological polar surface area (TPSA) is 81.6 Å². The molecule has 0 radical (unpaired) electrons. The van der Waals surface area contributed by atoms with Crippen LogP contribution in [0.5, 0.6) is 0 Å². The van der Waals surface area contributed by atoms with Crippen molar-refractivity contribution in [3.8, 4) is 12.1 Å². The van der Waals surface area contributed by atoms with Gasteiger partial charge in [0.25, 0.3) is 5.91 Å². The molecule has 27 heavy (non-hydrogen) atoms. The van der Waals surface area contributed by atoms with E-state index in [1.165, 1.54) is 0 Å². The molecule has 0 saturated heterocycles. The van der Waals surface area contributed by atoms with Gasteiger partial charge in [-0.05, 0) is 30.7 Å². The monoisotopic (exact) mass is 354 g/mol. The zero-order valence-electron chi connectivity index (χ0n) is 14.9. The lowest BCUT2D eigenvalue weighted by molar-refractivity contribution is -0.116. The lowest BCUT2D eigenvalue weighted by atomic mass is 10.1. The first kappa shape index (κ1) is 18.0. The van der Waals surface area contributed by atoms with Crippen LogP contribution >= 0.6 is 0 Å². The molecule has 132 valence electrons. The van der Waals surface area contributed by atoms with E-state index in [0.29, 0.717) is 18.7 Å². The number of likely N-dealkylation sites (N-methyl/N-ethyl adjacent to an activating group) is 1. The summed E-state index contributed by atoms with van der Waals surface area (Å²) in [5, 5.41) is 22.3. The van der Waals surface area contributed by atoms with Crippen molar-refractivity contribution in [1.29, 1.82) is 10.5 Å². The van der Waals surface area contributed by atoms with Crippen LogP contribution in [0.3, 0.4) is 0 Å². The number of hydrogen-bond donors (Lipinski definition) is 1. The molecule has 3 rings (SSSR count). The summed E-state index contributed by atoms with van der Waals surface area (Å²) < 4.78 is 2.03. The van der Waals surface area contributed by atoms with Crippen LogP contribution in [0.15, 0.2) is 60.3 Å². The van der Waals surface area contributed by atoms with Crippen LogP contribution in [0.1, 0.15) is 23.6 Å². The van der Waals surface area contributed by atoms with E-state index in [2.05, 4.69) is 11.4 Å². The highest BCUT2D eigenvalue weighted by atomic mass is 16.1. The minimum absolute atomic E-state index is 0.0668. The molecule has 5 nitrogen and oxygen atoms in total. The predicted octanol–water partition coefficient (Wildman–Crippen LogP) is 3.60. The van der Waals surface area contributed by atoms with Gasteiger partial charge in [-0.25, -0.2) is 0 Å². The van der Waals surface area contributed by atoms with Gasteiger partial charge in [0.2, 0.25) is 0 Å². The van der Waals surface area contributed by atoms with Gasteiger partial charge >= 0.3 is 0 Å². The molecular formula is C22H18N4O. The molecule has 2 aromatic carbocycles. The molecule has 5 heteroatoms. The molecule has 0 unspecified atom stereocenters. The number of para-hydroxylation sites is 1.